The molecule has 106 valence electrons. The van der Waals surface area contributed by atoms with E-state index in [1.54, 1.807) is 6.92 Å². The van der Waals surface area contributed by atoms with Gasteiger partial charge in [0.05, 0.1) is 11.5 Å². The maximum Gasteiger partial charge on any atom is 0.312 e. The lowest BCUT2D eigenvalue weighted by molar-refractivity contribution is -0.175. The number of aliphatic hydroxyl groups is 1. The zero-order chi connectivity index (χ0) is 14.0. The molecule has 3 unspecified atom stereocenters. The smallest absolute Gasteiger partial charge is 0.312 e. The molecule has 0 amide bonds. The summed E-state index contributed by atoms with van der Waals surface area (Å²) in [5.41, 5.74) is -1.45. The van der Waals surface area contributed by atoms with E-state index < -0.39 is 17.1 Å². The highest BCUT2D eigenvalue weighted by atomic mass is 16.6. The third-order valence-corrected chi connectivity index (χ3v) is 3.80. The molecule has 2 N–H and O–H groups in total. The van der Waals surface area contributed by atoms with Crippen molar-refractivity contribution in [3.05, 3.63) is 0 Å². The fraction of sp³-hybridized carbons (Fsp3) is 0.929. The minimum absolute atomic E-state index is 0.105. The van der Waals surface area contributed by atoms with Crippen LogP contribution in [0.4, 0.5) is 0 Å². The Balaban J connectivity index is 2.79. The van der Waals surface area contributed by atoms with Gasteiger partial charge < -0.3 is 15.2 Å². The minimum Gasteiger partial charge on any atom is -0.460 e. The normalized spacial score (nSPS) is 30.9. The number of hydrogen-bond donors (Lipinski definition) is 2. The number of carbonyl (C=O) groups excluding carboxylic acids is 1. The minimum atomic E-state index is -0.942. The number of ether oxygens (including phenoxy) is 1. The molecule has 0 aromatic heterocycles. The summed E-state index contributed by atoms with van der Waals surface area (Å²) in [6, 6.07) is 0. The molecule has 3 atom stereocenters. The summed E-state index contributed by atoms with van der Waals surface area (Å²) in [4.78, 5) is 12.1. The summed E-state index contributed by atoms with van der Waals surface area (Å²) < 4.78 is 5.39. The van der Waals surface area contributed by atoms with Crippen molar-refractivity contribution in [1.82, 2.24) is 5.32 Å². The van der Waals surface area contributed by atoms with Gasteiger partial charge >= 0.3 is 5.97 Å². The van der Waals surface area contributed by atoms with Crippen molar-refractivity contribution in [1.29, 1.82) is 0 Å². The summed E-state index contributed by atoms with van der Waals surface area (Å²) in [5, 5.41) is 14.1. The predicted octanol–water partition coefficient (Wildman–Crippen LogP) is 1.71. The first-order chi connectivity index (χ1) is 8.20. The number of piperidine rings is 1. The lowest BCUT2D eigenvalue weighted by atomic mass is 9.72. The molecule has 0 spiro atoms. The molecular weight excluding hydrogens is 230 g/mol. The van der Waals surface area contributed by atoms with Crippen LogP contribution in [0.3, 0.4) is 0 Å². The van der Waals surface area contributed by atoms with Gasteiger partial charge in [-0.25, -0.2) is 0 Å². The molecule has 4 heteroatoms. The zero-order valence-electron chi connectivity index (χ0n) is 12.2. The van der Waals surface area contributed by atoms with Crippen molar-refractivity contribution in [2.45, 2.75) is 58.7 Å². The number of esters is 1. The predicted molar refractivity (Wildman–Crippen MR) is 71.2 cm³/mol. The molecule has 1 aliphatic rings. The van der Waals surface area contributed by atoms with E-state index in [1.165, 1.54) is 0 Å². The summed E-state index contributed by atoms with van der Waals surface area (Å²) >= 11 is 0. The van der Waals surface area contributed by atoms with Gasteiger partial charge in [0, 0.05) is 12.5 Å². The highest BCUT2D eigenvalue weighted by Gasteiger charge is 2.46. The molecule has 18 heavy (non-hydrogen) atoms. The van der Waals surface area contributed by atoms with Gasteiger partial charge in [0.1, 0.15) is 5.60 Å². The van der Waals surface area contributed by atoms with Gasteiger partial charge in [0.15, 0.2) is 0 Å². The van der Waals surface area contributed by atoms with Crippen LogP contribution in [0.5, 0.6) is 0 Å². The second kappa shape index (κ2) is 5.57. The molecule has 1 heterocycles. The molecule has 0 aliphatic carbocycles. The van der Waals surface area contributed by atoms with Crippen LogP contribution in [0.25, 0.3) is 0 Å². The van der Waals surface area contributed by atoms with Gasteiger partial charge in [0.25, 0.3) is 0 Å². The monoisotopic (exact) mass is 257 g/mol. The molecule has 0 radical (unpaired) electrons. The Morgan fingerprint density at radius 2 is 2.17 bits per heavy atom. The van der Waals surface area contributed by atoms with E-state index >= 15 is 0 Å². The van der Waals surface area contributed by atoms with Crippen LogP contribution in [0.2, 0.25) is 0 Å². The molecule has 4 nitrogen and oxygen atoms in total. The summed E-state index contributed by atoms with van der Waals surface area (Å²) in [6.07, 6.45) is 1.46. The molecule has 0 bridgehead atoms. The van der Waals surface area contributed by atoms with Crippen LogP contribution in [0.15, 0.2) is 0 Å². The number of hydrogen-bond acceptors (Lipinski definition) is 4. The van der Waals surface area contributed by atoms with Crippen molar-refractivity contribution in [2.24, 2.45) is 11.8 Å². The van der Waals surface area contributed by atoms with Gasteiger partial charge in [-0.05, 0) is 47.1 Å². The first-order valence-corrected chi connectivity index (χ1v) is 6.86. The van der Waals surface area contributed by atoms with E-state index in [1.807, 2.05) is 27.7 Å². The first kappa shape index (κ1) is 15.4. The molecule has 0 aromatic rings. The Bertz CT molecular complexity index is 298. The van der Waals surface area contributed by atoms with Crippen LogP contribution in [0.1, 0.15) is 47.5 Å². The molecule has 0 aromatic carbocycles. The molecule has 1 fully saturated rings. The Hall–Kier alpha value is -0.610. The third kappa shape index (κ3) is 3.45. The fourth-order valence-electron chi connectivity index (χ4n) is 2.61. The van der Waals surface area contributed by atoms with E-state index in [9.17, 15) is 9.90 Å². The molecular formula is C14H27NO3. The quantitative estimate of drug-likeness (QED) is 0.756. The second-order valence-corrected chi connectivity index (χ2v) is 6.31. The van der Waals surface area contributed by atoms with Crippen LogP contribution in [-0.2, 0) is 9.53 Å². The molecule has 1 rings (SSSR count). The summed E-state index contributed by atoms with van der Waals surface area (Å²) in [6.45, 7) is 10.9. The second-order valence-electron chi connectivity index (χ2n) is 6.31. The number of nitrogens with one attached hydrogen (secondary N) is 1. The SMILES string of the molecule is CCC1CNCCC1(O)C(C)C(=O)OC(C)(C)C. The van der Waals surface area contributed by atoms with E-state index in [2.05, 4.69) is 5.32 Å². The van der Waals surface area contributed by atoms with Crippen LogP contribution in [0, 0.1) is 11.8 Å². The van der Waals surface area contributed by atoms with Crippen molar-refractivity contribution in [2.75, 3.05) is 13.1 Å². The highest BCUT2D eigenvalue weighted by Crippen LogP contribution is 2.35. The van der Waals surface area contributed by atoms with E-state index in [4.69, 9.17) is 4.74 Å². The lowest BCUT2D eigenvalue weighted by Crippen LogP contribution is -2.56. The maximum atomic E-state index is 12.1. The standard InChI is InChI=1S/C14H27NO3/c1-6-11-9-15-8-7-14(11,17)10(2)12(16)18-13(3,4)5/h10-11,15,17H,6-9H2,1-5H3. The van der Waals surface area contributed by atoms with Gasteiger partial charge in [0.2, 0.25) is 0 Å². The average molecular weight is 257 g/mol. The lowest BCUT2D eigenvalue weighted by Gasteiger charge is -2.43. The Morgan fingerprint density at radius 1 is 1.56 bits per heavy atom. The van der Waals surface area contributed by atoms with Crippen molar-refractivity contribution in [3.63, 3.8) is 0 Å². The topological polar surface area (TPSA) is 58.6 Å². The number of rotatable bonds is 3. The Kier molecular flexibility index (Phi) is 4.78. The van der Waals surface area contributed by atoms with Crippen LogP contribution >= 0.6 is 0 Å². The van der Waals surface area contributed by atoms with E-state index in [-0.39, 0.29) is 11.9 Å². The summed E-state index contributed by atoms with van der Waals surface area (Å²) in [5.74, 6) is -0.678. The Morgan fingerprint density at radius 3 is 2.67 bits per heavy atom. The van der Waals surface area contributed by atoms with Crippen molar-refractivity contribution in [3.8, 4) is 0 Å². The third-order valence-electron chi connectivity index (χ3n) is 3.80. The molecule has 0 saturated carbocycles. The largest absolute Gasteiger partial charge is 0.460 e. The van der Waals surface area contributed by atoms with Gasteiger partial charge in [-0.15, -0.1) is 0 Å². The molecule has 1 aliphatic heterocycles. The maximum absolute atomic E-state index is 12.1. The van der Waals surface area contributed by atoms with Crippen LogP contribution in [-0.4, -0.2) is 35.4 Å². The fourth-order valence-corrected chi connectivity index (χ4v) is 2.61. The summed E-state index contributed by atoms with van der Waals surface area (Å²) in [7, 11) is 0. The molecule has 1 saturated heterocycles. The van der Waals surface area contributed by atoms with Crippen LogP contribution < -0.4 is 5.32 Å². The van der Waals surface area contributed by atoms with E-state index in [0.717, 1.165) is 19.5 Å². The highest BCUT2D eigenvalue weighted by molar-refractivity contribution is 5.74. The van der Waals surface area contributed by atoms with Crippen molar-refractivity contribution < 1.29 is 14.6 Å². The van der Waals surface area contributed by atoms with E-state index in [0.29, 0.717) is 6.42 Å². The zero-order valence-corrected chi connectivity index (χ0v) is 12.2. The average Bonchev–Trinajstić information content (AvgIpc) is 2.26. The van der Waals surface area contributed by atoms with Crippen molar-refractivity contribution >= 4 is 5.97 Å². The van der Waals surface area contributed by atoms with Gasteiger partial charge in [-0.1, -0.05) is 6.92 Å². The first-order valence-electron chi connectivity index (χ1n) is 6.86. The number of carbonyl (C=O) groups is 1. The van der Waals surface area contributed by atoms with Gasteiger partial charge in [-0.2, -0.15) is 0 Å². The Labute approximate surface area is 110 Å². The van der Waals surface area contributed by atoms with Gasteiger partial charge in [-0.3, -0.25) is 4.79 Å².